The molecule has 5 heteroatoms. The molecule has 1 saturated heterocycles. The van der Waals surface area contributed by atoms with Crippen LogP contribution in [0.4, 0.5) is 8.78 Å². The van der Waals surface area contributed by atoms with Crippen LogP contribution in [0.25, 0.3) is 0 Å². The Morgan fingerprint density at radius 3 is 2.94 bits per heavy atom. The lowest BCUT2D eigenvalue weighted by molar-refractivity contribution is 0.0462. The van der Waals surface area contributed by atoms with Gasteiger partial charge in [-0.3, -0.25) is 0 Å². The van der Waals surface area contributed by atoms with E-state index >= 15 is 0 Å². The molecule has 0 bridgehead atoms. The number of thioether (sulfide) groups is 1. The Hall–Kier alpha value is -0.650. The van der Waals surface area contributed by atoms with Crippen molar-refractivity contribution < 1.29 is 13.5 Å². The SMILES string of the molecule is CCNC(c1ccc(F)cc1F)C1CSCCO1. The number of rotatable bonds is 4. The predicted molar refractivity (Wildman–Crippen MR) is 69.8 cm³/mol. The molecule has 1 N–H and O–H groups in total. The van der Waals surface area contributed by atoms with Crippen LogP contribution in [0, 0.1) is 11.6 Å². The fraction of sp³-hybridized carbons (Fsp3) is 0.538. The van der Waals surface area contributed by atoms with Gasteiger partial charge in [0.2, 0.25) is 0 Å². The molecule has 18 heavy (non-hydrogen) atoms. The van der Waals surface area contributed by atoms with Crippen LogP contribution >= 0.6 is 11.8 Å². The van der Waals surface area contributed by atoms with Gasteiger partial charge in [0, 0.05) is 23.1 Å². The zero-order valence-corrected chi connectivity index (χ0v) is 11.1. The molecule has 1 aromatic carbocycles. The molecular formula is C13H17F2NOS. The average Bonchev–Trinajstić information content (AvgIpc) is 2.38. The zero-order chi connectivity index (χ0) is 13.0. The number of benzene rings is 1. The number of hydrogen-bond acceptors (Lipinski definition) is 3. The fourth-order valence-corrected chi connectivity index (χ4v) is 3.02. The molecule has 2 atom stereocenters. The van der Waals surface area contributed by atoms with Gasteiger partial charge in [0.15, 0.2) is 0 Å². The lowest BCUT2D eigenvalue weighted by Crippen LogP contribution is -2.38. The summed E-state index contributed by atoms with van der Waals surface area (Å²) in [6.45, 7) is 3.36. The van der Waals surface area contributed by atoms with Gasteiger partial charge >= 0.3 is 0 Å². The summed E-state index contributed by atoms with van der Waals surface area (Å²) in [5, 5.41) is 3.23. The summed E-state index contributed by atoms with van der Waals surface area (Å²) < 4.78 is 32.5. The number of hydrogen-bond donors (Lipinski definition) is 1. The summed E-state index contributed by atoms with van der Waals surface area (Å²) in [6.07, 6.45) is -0.0661. The quantitative estimate of drug-likeness (QED) is 0.911. The summed E-state index contributed by atoms with van der Waals surface area (Å²) in [5.41, 5.74) is 0.478. The molecule has 2 unspecified atom stereocenters. The van der Waals surface area contributed by atoms with Crippen LogP contribution in [0.5, 0.6) is 0 Å². The number of likely N-dealkylation sites (N-methyl/N-ethyl adjacent to an activating group) is 1. The molecule has 1 heterocycles. The normalized spacial score (nSPS) is 21.8. The molecule has 0 spiro atoms. The van der Waals surface area contributed by atoms with E-state index in [-0.39, 0.29) is 12.1 Å². The highest BCUT2D eigenvalue weighted by Crippen LogP contribution is 2.27. The van der Waals surface area contributed by atoms with Crippen LogP contribution in [0.2, 0.25) is 0 Å². The Kier molecular flexibility index (Phi) is 4.97. The van der Waals surface area contributed by atoms with Gasteiger partial charge in [0.1, 0.15) is 11.6 Å². The van der Waals surface area contributed by atoms with Crippen molar-refractivity contribution in [2.24, 2.45) is 0 Å². The van der Waals surface area contributed by atoms with E-state index in [1.54, 1.807) is 11.8 Å². The molecule has 2 rings (SSSR count). The van der Waals surface area contributed by atoms with Gasteiger partial charge in [-0.15, -0.1) is 0 Å². The monoisotopic (exact) mass is 273 g/mol. The second-order valence-corrected chi connectivity index (χ2v) is 5.34. The van der Waals surface area contributed by atoms with E-state index in [9.17, 15) is 8.78 Å². The van der Waals surface area contributed by atoms with Gasteiger partial charge in [-0.2, -0.15) is 11.8 Å². The van der Waals surface area contributed by atoms with Crippen LogP contribution in [0.15, 0.2) is 18.2 Å². The van der Waals surface area contributed by atoms with Crippen molar-refractivity contribution in [2.45, 2.75) is 19.1 Å². The Morgan fingerprint density at radius 1 is 1.50 bits per heavy atom. The second kappa shape index (κ2) is 6.50. The third-order valence-electron chi connectivity index (χ3n) is 2.94. The molecule has 0 amide bonds. The summed E-state index contributed by atoms with van der Waals surface area (Å²) in [5.74, 6) is 0.737. The minimum Gasteiger partial charge on any atom is -0.375 e. The van der Waals surface area contributed by atoms with Crippen molar-refractivity contribution in [2.75, 3.05) is 24.7 Å². The number of nitrogens with one attached hydrogen (secondary N) is 1. The average molecular weight is 273 g/mol. The maximum atomic E-state index is 13.8. The molecule has 0 aromatic heterocycles. The second-order valence-electron chi connectivity index (χ2n) is 4.19. The van der Waals surface area contributed by atoms with Gasteiger partial charge in [-0.1, -0.05) is 13.0 Å². The van der Waals surface area contributed by atoms with Crippen molar-refractivity contribution in [3.63, 3.8) is 0 Å². The first-order valence-electron chi connectivity index (χ1n) is 6.10. The molecule has 2 nitrogen and oxygen atoms in total. The Labute approximate surface area is 110 Å². The Balaban J connectivity index is 2.22. The Morgan fingerprint density at radius 2 is 2.33 bits per heavy atom. The van der Waals surface area contributed by atoms with Crippen LogP contribution in [-0.2, 0) is 4.74 Å². The highest BCUT2D eigenvalue weighted by Gasteiger charge is 2.27. The van der Waals surface area contributed by atoms with E-state index in [0.717, 1.165) is 17.6 Å². The van der Waals surface area contributed by atoms with Crippen LogP contribution < -0.4 is 5.32 Å². The first kappa shape index (κ1) is 13.8. The first-order chi connectivity index (χ1) is 8.72. The van der Waals surface area contributed by atoms with E-state index < -0.39 is 11.6 Å². The van der Waals surface area contributed by atoms with Crippen LogP contribution in [0.1, 0.15) is 18.5 Å². The fourth-order valence-electron chi connectivity index (χ4n) is 2.11. The third kappa shape index (κ3) is 3.22. The van der Waals surface area contributed by atoms with Gasteiger partial charge in [-0.25, -0.2) is 8.78 Å². The van der Waals surface area contributed by atoms with Gasteiger partial charge < -0.3 is 10.1 Å². The van der Waals surface area contributed by atoms with E-state index in [4.69, 9.17) is 4.74 Å². The minimum atomic E-state index is -0.551. The largest absolute Gasteiger partial charge is 0.375 e. The molecule has 0 radical (unpaired) electrons. The summed E-state index contributed by atoms with van der Waals surface area (Å²) in [4.78, 5) is 0. The van der Waals surface area contributed by atoms with Gasteiger partial charge in [0.05, 0.1) is 18.8 Å². The molecule has 0 saturated carbocycles. The van der Waals surface area contributed by atoms with Crippen molar-refractivity contribution in [3.8, 4) is 0 Å². The van der Waals surface area contributed by atoms with Crippen LogP contribution in [-0.4, -0.2) is 30.8 Å². The van der Waals surface area contributed by atoms with Crippen molar-refractivity contribution in [1.82, 2.24) is 5.32 Å². The molecule has 1 aliphatic rings. The van der Waals surface area contributed by atoms with Crippen molar-refractivity contribution in [3.05, 3.63) is 35.4 Å². The Bertz CT molecular complexity index is 397. The van der Waals surface area contributed by atoms with E-state index in [0.29, 0.717) is 18.7 Å². The molecular weight excluding hydrogens is 256 g/mol. The molecule has 1 aliphatic heterocycles. The first-order valence-corrected chi connectivity index (χ1v) is 7.25. The lowest BCUT2D eigenvalue weighted by atomic mass is 10.0. The predicted octanol–water partition coefficient (Wildman–Crippen LogP) is 2.75. The highest BCUT2D eigenvalue weighted by molar-refractivity contribution is 7.99. The summed E-state index contributed by atoms with van der Waals surface area (Å²) in [6, 6.07) is 3.50. The van der Waals surface area contributed by atoms with E-state index in [1.807, 2.05) is 6.92 Å². The number of halogens is 2. The van der Waals surface area contributed by atoms with Crippen LogP contribution in [0.3, 0.4) is 0 Å². The van der Waals surface area contributed by atoms with Crippen molar-refractivity contribution >= 4 is 11.8 Å². The molecule has 1 fully saturated rings. The van der Waals surface area contributed by atoms with Gasteiger partial charge in [0.25, 0.3) is 0 Å². The van der Waals surface area contributed by atoms with Crippen molar-refractivity contribution in [1.29, 1.82) is 0 Å². The maximum Gasteiger partial charge on any atom is 0.130 e. The maximum absolute atomic E-state index is 13.8. The smallest absolute Gasteiger partial charge is 0.130 e. The molecule has 100 valence electrons. The molecule has 1 aromatic rings. The standard InChI is InChI=1S/C13H17F2NOS/c1-2-16-13(12-8-18-6-5-17-12)10-4-3-9(14)7-11(10)15/h3-4,7,12-13,16H,2,5-6,8H2,1H3. The third-order valence-corrected chi connectivity index (χ3v) is 3.95. The van der Waals surface area contributed by atoms with E-state index in [1.165, 1.54) is 12.1 Å². The topological polar surface area (TPSA) is 21.3 Å². The summed E-state index contributed by atoms with van der Waals surface area (Å²) in [7, 11) is 0. The minimum absolute atomic E-state index is 0.0661. The molecule has 0 aliphatic carbocycles. The van der Waals surface area contributed by atoms with E-state index in [2.05, 4.69) is 5.32 Å². The number of ether oxygens (including phenoxy) is 1. The zero-order valence-electron chi connectivity index (χ0n) is 10.3. The lowest BCUT2D eigenvalue weighted by Gasteiger charge is -2.31. The van der Waals surface area contributed by atoms with Gasteiger partial charge in [-0.05, 0) is 12.6 Å². The summed E-state index contributed by atoms with van der Waals surface area (Å²) >= 11 is 1.80. The highest BCUT2D eigenvalue weighted by atomic mass is 32.2.